The van der Waals surface area contributed by atoms with Crippen LogP contribution in [0.15, 0.2) is 24.4 Å². The number of rotatable bonds is 7. The van der Waals surface area contributed by atoms with Gasteiger partial charge in [0.2, 0.25) is 5.91 Å². The number of hydrogen-bond acceptors (Lipinski definition) is 4. The van der Waals surface area contributed by atoms with Crippen LogP contribution < -0.4 is 16.4 Å². The molecule has 5 heteroatoms. The van der Waals surface area contributed by atoms with Crippen molar-refractivity contribution < 1.29 is 4.79 Å². The van der Waals surface area contributed by atoms with Crippen molar-refractivity contribution in [3.63, 3.8) is 0 Å². The molecule has 1 amide bonds. The van der Waals surface area contributed by atoms with Gasteiger partial charge < -0.3 is 16.4 Å². The van der Waals surface area contributed by atoms with Gasteiger partial charge in [-0.1, -0.05) is 6.07 Å². The smallest absolute Gasteiger partial charge is 0.233 e. The summed E-state index contributed by atoms with van der Waals surface area (Å²) in [4.78, 5) is 14.9. The predicted molar refractivity (Wildman–Crippen MR) is 64.0 cm³/mol. The molecule has 88 valence electrons. The number of amides is 1. The minimum atomic E-state index is -0.0994. The third-order valence-corrected chi connectivity index (χ3v) is 2.08. The van der Waals surface area contributed by atoms with Crippen LogP contribution >= 0.6 is 0 Å². The van der Waals surface area contributed by atoms with E-state index in [1.54, 1.807) is 6.20 Å². The Hall–Kier alpha value is -1.62. The Bertz CT molecular complexity index is 302. The first-order valence-electron chi connectivity index (χ1n) is 5.44. The van der Waals surface area contributed by atoms with Gasteiger partial charge >= 0.3 is 0 Å². The Kier molecular flexibility index (Phi) is 5.95. The van der Waals surface area contributed by atoms with Crippen molar-refractivity contribution in [3.8, 4) is 0 Å². The maximum Gasteiger partial charge on any atom is 0.233 e. The van der Waals surface area contributed by atoms with Crippen LogP contribution in [0.1, 0.15) is 12.8 Å². The monoisotopic (exact) mass is 222 g/mol. The normalized spacial score (nSPS) is 9.81. The van der Waals surface area contributed by atoms with E-state index in [4.69, 9.17) is 5.73 Å². The number of hydrogen-bond donors (Lipinski definition) is 3. The van der Waals surface area contributed by atoms with Crippen LogP contribution in [-0.4, -0.2) is 30.5 Å². The minimum absolute atomic E-state index is 0.0617. The largest absolute Gasteiger partial charge is 0.370 e. The molecular weight excluding hydrogens is 204 g/mol. The number of nitrogens with two attached hydrogens (primary N) is 1. The molecule has 0 radical (unpaired) electrons. The minimum Gasteiger partial charge on any atom is -0.370 e. The predicted octanol–water partition coefficient (Wildman–Crippen LogP) is 0.349. The lowest BCUT2D eigenvalue weighted by Crippen LogP contribution is -2.31. The Morgan fingerprint density at radius 2 is 2.12 bits per heavy atom. The highest BCUT2D eigenvalue weighted by molar-refractivity contribution is 5.77. The molecule has 0 saturated heterocycles. The second-order valence-electron chi connectivity index (χ2n) is 3.40. The summed E-state index contributed by atoms with van der Waals surface area (Å²) in [5.41, 5.74) is 5.16. The third kappa shape index (κ3) is 5.31. The first-order valence-corrected chi connectivity index (χ1v) is 5.44. The summed E-state index contributed by atoms with van der Waals surface area (Å²) in [6.07, 6.45) is 3.68. The lowest BCUT2D eigenvalue weighted by molar-refractivity contribution is -0.119. The van der Waals surface area contributed by atoms with Gasteiger partial charge in [0.25, 0.3) is 0 Å². The fourth-order valence-electron chi connectivity index (χ4n) is 1.23. The molecule has 1 rings (SSSR count). The van der Waals surface area contributed by atoms with E-state index in [1.807, 2.05) is 18.2 Å². The Balaban J connectivity index is 1.98. The van der Waals surface area contributed by atoms with E-state index in [-0.39, 0.29) is 12.5 Å². The molecule has 1 aromatic heterocycles. The van der Waals surface area contributed by atoms with E-state index in [1.165, 1.54) is 0 Å². The summed E-state index contributed by atoms with van der Waals surface area (Å²) in [6, 6.07) is 5.75. The summed E-state index contributed by atoms with van der Waals surface area (Å²) in [5.74, 6) is 0.783. The second kappa shape index (κ2) is 7.64. The molecule has 0 aliphatic heterocycles. The molecule has 0 aliphatic carbocycles. The molecule has 1 aromatic rings. The first kappa shape index (κ1) is 12.4. The quantitative estimate of drug-likeness (QED) is 0.581. The Labute approximate surface area is 95.4 Å². The van der Waals surface area contributed by atoms with Crippen LogP contribution in [0.25, 0.3) is 0 Å². The highest BCUT2D eigenvalue weighted by Crippen LogP contribution is 1.99. The summed E-state index contributed by atoms with van der Waals surface area (Å²) in [6.45, 7) is 1.60. The van der Waals surface area contributed by atoms with E-state index in [0.29, 0.717) is 6.54 Å². The van der Waals surface area contributed by atoms with Gasteiger partial charge in [-0.25, -0.2) is 4.98 Å². The molecule has 0 aromatic carbocycles. The molecule has 1 heterocycles. The Morgan fingerprint density at radius 1 is 1.31 bits per heavy atom. The summed E-state index contributed by atoms with van der Waals surface area (Å²) >= 11 is 0. The number of unbranched alkanes of at least 4 members (excludes halogenated alkanes) is 1. The van der Waals surface area contributed by atoms with Gasteiger partial charge in [-0.05, 0) is 25.0 Å². The molecule has 0 aliphatic rings. The third-order valence-electron chi connectivity index (χ3n) is 2.08. The highest BCUT2D eigenvalue weighted by atomic mass is 16.1. The van der Waals surface area contributed by atoms with Gasteiger partial charge in [-0.15, -0.1) is 0 Å². The van der Waals surface area contributed by atoms with Gasteiger partial charge in [0.1, 0.15) is 5.82 Å². The van der Waals surface area contributed by atoms with Crippen LogP contribution in [0, 0.1) is 0 Å². The topological polar surface area (TPSA) is 80.0 Å². The number of anilines is 1. The van der Waals surface area contributed by atoms with Crippen molar-refractivity contribution >= 4 is 11.7 Å². The van der Waals surface area contributed by atoms with Gasteiger partial charge in [-0.3, -0.25) is 4.79 Å². The molecule has 0 unspecified atom stereocenters. The number of nitrogens with one attached hydrogen (secondary N) is 2. The molecule has 0 bridgehead atoms. The van der Waals surface area contributed by atoms with E-state index < -0.39 is 0 Å². The van der Waals surface area contributed by atoms with Crippen LogP contribution in [-0.2, 0) is 4.79 Å². The lowest BCUT2D eigenvalue weighted by Gasteiger charge is -2.05. The zero-order chi connectivity index (χ0) is 11.6. The van der Waals surface area contributed by atoms with E-state index in [2.05, 4.69) is 15.6 Å². The van der Waals surface area contributed by atoms with Gasteiger partial charge in [0, 0.05) is 19.3 Å². The SMILES string of the molecule is NCC(=O)NCCCCNc1ccccn1. The zero-order valence-corrected chi connectivity index (χ0v) is 9.28. The van der Waals surface area contributed by atoms with Gasteiger partial charge in [-0.2, -0.15) is 0 Å². The van der Waals surface area contributed by atoms with Crippen LogP contribution in [0.3, 0.4) is 0 Å². The van der Waals surface area contributed by atoms with E-state index in [0.717, 1.165) is 25.2 Å². The summed E-state index contributed by atoms with van der Waals surface area (Å²) in [7, 11) is 0. The molecular formula is C11H18N4O. The van der Waals surface area contributed by atoms with E-state index >= 15 is 0 Å². The number of pyridine rings is 1. The fourth-order valence-corrected chi connectivity index (χ4v) is 1.23. The fraction of sp³-hybridized carbons (Fsp3) is 0.455. The Morgan fingerprint density at radius 3 is 2.81 bits per heavy atom. The molecule has 0 saturated carbocycles. The molecule has 0 fully saturated rings. The van der Waals surface area contributed by atoms with Crippen molar-refractivity contribution in [2.75, 3.05) is 25.0 Å². The van der Waals surface area contributed by atoms with Crippen molar-refractivity contribution in [2.24, 2.45) is 5.73 Å². The average Bonchev–Trinajstić information content (AvgIpc) is 2.34. The van der Waals surface area contributed by atoms with Gasteiger partial charge in [0.05, 0.1) is 6.54 Å². The first-order chi connectivity index (χ1) is 7.83. The zero-order valence-electron chi connectivity index (χ0n) is 9.28. The van der Waals surface area contributed by atoms with Crippen molar-refractivity contribution in [2.45, 2.75) is 12.8 Å². The standard InChI is InChI=1S/C11H18N4O/c12-9-11(16)15-8-4-3-7-14-10-5-1-2-6-13-10/h1-2,5-6H,3-4,7-9,12H2,(H,13,14)(H,15,16). The van der Waals surface area contributed by atoms with Crippen LogP contribution in [0.5, 0.6) is 0 Å². The molecule has 16 heavy (non-hydrogen) atoms. The van der Waals surface area contributed by atoms with Crippen molar-refractivity contribution in [3.05, 3.63) is 24.4 Å². The number of carbonyl (C=O) groups is 1. The molecule has 4 N–H and O–H groups in total. The molecule has 0 spiro atoms. The summed E-state index contributed by atoms with van der Waals surface area (Å²) in [5, 5.41) is 5.92. The number of carbonyl (C=O) groups excluding carboxylic acids is 1. The van der Waals surface area contributed by atoms with Crippen molar-refractivity contribution in [1.82, 2.24) is 10.3 Å². The van der Waals surface area contributed by atoms with Crippen LogP contribution in [0.2, 0.25) is 0 Å². The molecule has 5 nitrogen and oxygen atoms in total. The maximum absolute atomic E-state index is 10.8. The van der Waals surface area contributed by atoms with Gasteiger partial charge in [0.15, 0.2) is 0 Å². The second-order valence-corrected chi connectivity index (χ2v) is 3.40. The maximum atomic E-state index is 10.8. The summed E-state index contributed by atoms with van der Waals surface area (Å²) < 4.78 is 0. The molecule has 0 atom stereocenters. The number of aromatic nitrogens is 1. The van der Waals surface area contributed by atoms with E-state index in [9.17, 15) is 4.79 Å². The number of nitrogens with zero attached hydrogens (tertiary/aromatic N) is 1. The van der Waals surface area contributed by atoms with Crippen molar-refractivity contribution in [1.29, 1.82) is 0 Å². The van der Waals surface area contributed by atoms with Crippen LogP contribution in [0.4, 0.5) is 5.82 Å². The highest BCUT2D eigenvalue weighted by Gasteiger charge is 1.95. The lowest BCUT2D eigenvalue weighted by atomic mass is 10.3. The average molecular weight is 222 g/mol.